The van der Waals surface area contributed by atoms with Gasteiger partial charge in [0.1, 0.15) is 5.75 Å². The molecule has 0 spiro atoms. The molecule has 0 aliphatic heterocycles. The number of benzene rings is 2. The number of thioether (sulfide) groups is 1. The quantitative estimate of drug-likeness (QED) is 0.625. The average Bonchev–Trinajstić information content (AvgIpc) is 2.63. The maximum absolute atomic E-state index is 12.5. The van der Waals surface area contributed by atoms with Crippen molar-refractivity contribution in [1.82, 2.24) is 4.72 Å². The lowest BCUT2D eigenvalue weighted by atomic mass is 10.3. The Hall–Kier alpha value is -1.74. The molecule has 0 saturated heterocycles. The highest BCUT2D eigenvalue weighted by atomic mass is 35.5. The minimum absolute atomic E-state index is 0.0417. The highest BCUT2D eigenvalue weighted by Gasteiger charge is 2.23. The van der Waals surface area contributed by atoms with Crippen molar-refractivity contribution in [3.05, 3.63) is 47.5 Å². The van der Waals surface area contributed by atoms with E-state index in [4.69, 9.17) is 16.3 Å². The second kappa shape index (κ2) is 9.45. The minimum atomic E-state index is -3.92. The molecule has 146 valence electrons. The van der Waals surface area contributed by atoms with Crippen molar-refractivity contribution in [2.24, 2.45) is 0 Å². The normalized spacial score (nSPS) is 12.4. The van der Waals surface area contributed by atoms with Crippen molar-refractivity contribution in [2.75, 3.05) is 18.2 Å². The number of hydrogen-bond donors (Lipinski definition) is 2. The zero-order valence-electron chi connectivity index (χ0n) is 15.2. The first kappa shape index (κ1) is 21.6. The van der Waals surface area contributed by atoms with Crippen molar-refractivity contribution in [3.63, 3.8) is 0 Å². The van der Waals surface area contributed by atoms with Crippen LogP contribution in [0.15, 0.2) is 52.3 Å². The molecule has 0 aliphatic rings. The second-order valence-electron chi connectivity index (χ2n) is 5.59. The van der Waals surface area contributed by atoms with E-state index >= 15 is 0 Å². The van der Waals surface area contributed by atoms with E-state index in [0.29, 0.717) is 18.0 Å². The number of sulfonamides is 1. The van der Waals surface area contributed by atoms with Gasteiger partial charge in [-0.15, -0.1) is 11.8 Å². The van der Waals surface area contributed by atoms with E-state index < -0.39 is 22.0 Å². The number of hydrogen-bond acceptors (Lipinski definition) is 5. The Morgan fingerprint density at radius 1 is 1.26 bits per heavy atom. The van der Waals surface area contributed by atoms with Crippen LogP contribution in [0.2, 0.25) is 5.02 Å². The largest absolute Gasteiger partial charge is 0.492 e. The van der Waals surface area contributed by atoms with Crippen molar-refractivity contribution < 1.29 is 17.9 Å². The summed E-state index contributed by atoms with van der Waals surface area (Å²) in [5.41, 5.74) is 0.599. The molecule has 0 aliphatic carbocycles. The Morgan fingerprint density at radius 2 is 2.00 bits per heavy atom. The molecule has 27 heavy (non-hydrogen) atoms. The monoisotopic (exact) mass is 428 g/mol. The molecule has 1 atom stereocenters. The van der Waals surface area contributed by atoms with Gasteiger partial charge in [-0.2, -0.15) is 4.72 Å². The molecule has 2 aromatic carbocycles. The Balaban J connectivity index is 2.09. The fraction of sp³-hybridized carbons (Fsp3) is 0.278. The van der Waals surface area contributed by atoms with E-state index in [-0.39, 0.29) is 9.92 Å². The Labute approximate surface area is 168 Å². The first-order valence-electron chi connectivity index (χ1n) is 8.16. The van der Waals surface area contributed by atoms with Gasteiger partial charge in [0.2, 0.25) is 15.9 Å². The number of halogens is 1. The van der Waals surface area contributed by atoms with Crippen LogP contribution in [0.1, 0.15) is 13.8 Å². The molecular formula is C18H21ClN2O4S2. The molecule has 0 saturated carbocycles. The van der Waals surface area contributed by atoms with E-state index in [9.17, 15) is 13.2 Å². The third kappa shape index (κ3) is 5.87. The molecule has 2 N–H and O–H groups in total. The summed E-state index contributed by atoms with van der Waals surface area (Å²) in [5, 5.41) is 2.89. The second-order valence-corrected chi connectivity index (χ2v) is 8.59. The lowest BCUT2D eigenvalue weighted by Gasteiger charge is -2.15. The summed E-state index contributed by atoms with van der Waals surface area (Å²) in [6, 6.07) is 10.5. The van der Waals surface area contributed by atoms with Gasteiger partial charge in [0, 0.05) is 10.6 Å². The lowest BCUT2D eigenvalue weighted by Crippen LogP contribution is -2.41. The Morgan fingerprint density at radius 3 is 2.63 bits per heavy atom. The number of amides is 1. The zero-order valence-corrected chi connectivity index (χ0v) is 17.5. The van der Waals surface area contributed by atoms with Gasteiger partial charge >= 0.3 is 0 Å². The summed E-state index contributed by atoms with van der Waals surface area (Å²) in [6.07, 6.45) is 1.93. The minimum Gasteiger partial charge on any atom is -0.492 e. The first-order chi connectivity index (χ1) is 12.8. The van der Waals surface area contributed by atoms with Gasteiger partial charge in [-0.3, -0.25) is 4.79 Å². The van der Waals surface area contributed by atoms with Crippen LogP contribution in [0.3, 0.4) is 0 Å². The summed E-state index contributed by atoms with van der Waals surface area (Å²) < 4.78 is 32.7. The smallest absolute Gasteiger partial charge is 0.242 e. The molecule has 6 nitrogen and oxygen atoms in total. The third-order valence-electron chi connectivity index (χ3n) is 3.58. The van der Waals surface area contributed by atoms with Gasteiger partial charge in [0.05, 0.1) is 22.6 Å². The molecule has 9 heteroatoms. The van der Waals surface area contributed by atoms with Crippen LogP contribution < -0.4 is 14.8 Å². The van der Waals surface area contributed by atoms with Crippen molar-refractivity contribution in [2.45, 2.75) is 29.7 Å². The van der Waals surface area contributed by atoms with Gasteiger partial charge in [-0.1, -0.05) is 17.7 Å². The van der Waals surface area contributed by atoms with E-state index in [1.54, 1.807) is 24.8 Å². The average molecular weight is 429 g/mol. The van der Waals surface area contributed by atoms with Gasteiger partial charge in [-0.25, -0.2) is 8.42 Å². The van der Waals surface area contributed by atoms with E-state index in [1.165, 1.54) is 25.1 Å². The van der Waals surface area contributed by atoms with Crippen molar-refractivity contribution in [1.29, 1.82) is 0 Å². The fourth-order valence-electron chi connectivity index (χ4n) is 2.23. The van der Waals surface area contributed by atoms with Crippen LogP contribution >= 0.6 is 23.4 Å². The van der Waals surface area contributed by atoms with Crippen LogP contribution in [0.4, 0.5) is 5.69 Å². The van der Waals surface area contributed by atoms with Crippen LogP contribution in [0.25, 0.3) is 0 Å². The van der Waals surface area contributed by atoms with Crippen LogP contribution in [0, 0.1) is 0 Å². The molecule has 0 radical (unpaired) electrons. The van der Waals surface area contributed by atoms with E-state index in [1.807, 2.05) is 24.5 Å². The Kier molecular flexibility index (Phi) is 7.55. The first-order valence-corrected chi connectivity index (χ1v) is 11.2. The number of ether oxygens (including phenoxy) is 1. The summed E-state index contributed by atoms with van der Waals surface area (Å²) in [6.45, 7) is 3.69. The third-order valence-corrected chi connectivity index (χ3v) is 6.14. The number of nitrogens with one attached hydrogen (secondary N) is 2. The molecule has 0 fully saturated rings. The fourth-order valence-corrected chi connectivity index (χ4v) is 4.21. The maximum atomic E-state index is 12.5. The molecule has 2 aromatic rings. The molecule has 2 rings (SSSR count). The topological polar surface area (TPSA) is 84.5 Å². The van der Waals surface area contributed by atoms with Crippen molar-refractivity contribution in [3.8, 4) is 5.75 Å². The molecule has 0 heterocycles. The predicted octanol–water partition coefficient (Wildman–Crippen LogP) is 3.77. The summed E-state index contributed by atoms with van der Waals surface area (Å²) in [4.78, 5) is 13.3. The summed E-state index contributed by atoms with van der Waals surface area (Å²) in [5.74, 6) is -0.0635. The maximum Gasteiger partial charge on any atom is 0.242 e. The highest BCUT2D eigenvalue weighted by Crippen LogP contribution is 2.27. The summed E-state index contributed by atoms with van der Waals surface area (Å²) in [7, 11) is -3.92. The summed E-state index contributed by atoms with van der Waals surface area (Å²) >= 11 is 7.60. The SMILES string of the molecule is CCOc1ccc(S(=O)(=O)N[C@H](C)C(=O)Nc2cccc(SC)c2)cc1Cl. The number of carbonyl (C=O) groups is 1. The van der Waals surface area contributed by atoms with Crippen LogP contribution in [0.5, 0.6) is 5.75 Å². The van der Waals surface area contributed by atoms with Gasteiger partial charge in [0.25, 0.3) is 0 Å². The van der Waals surface area contributed by atoms with Gasteiger partial charge < -0.3 is 10.1 Å². The number of rotatable bonds is 8. The lowest BCUT2D eigenvalue weighted by molar-refractivity contribution is -0.117. The predicted molar refractivity (Wildman–Crippen MR) is 109 cm³/mol. The van der Waals surface area contributed by atoms with E-state index in [2.05, 4.69) is 10.0 Å². The number of carbonyl (C=O) groups excluding carboxylic acids is 1. The molecule has 0 bridgehead atoms. The van der Waals surface area contributed by atoms with Crippen molar-refractivity contribution >= 4 is 45.0 Å². The molecule has 0 aromatic heterocycles. The van der Waals surface area contributed by atoms with E-state index in [0.717, 1.165) is 4.90 Å². The highest BCUT2D eigenvalue weighted by molar-refractivity contribution is 7.98. The van der Waals surface area contributed by atoms with Gasteiger partial charge in [-0.05, 0) is 56.5 Å². The Bertz CT molecular complexity index is 919. The zero-order chi connectivity index (χ0) is 20.0. The standard InChI is InChI=1S/C18H21ClN2O4S2/c1-4-25-17-9-8-15(11-16(17)19)27(23,24)21-12(2)18(22)20-13-6-5-7-14(10-13)26-3/h5-12,21H,4H2,1-3H3,(H,20,22)/t12-/m1/s1. The molecular weight excluding hydrogens is 408 g/mol. The van der Waals surface area contributed by atoms with Crippen LogP contribution in [-0.2, 0) is 14.8 Å². The molecule has 0 unspecified atom stereocenters. The van der Waals surface area contributed by atoms with Crippen LogP contribution in [-0.4, -0.2) is 33.2 Å². The number of anilines is 1. The molecule has 1 amide bonds. The van der Waals surface area contributed by atoms with Gasteiger partial charge in [0.15, 0.2) is 0 Å².